The Balaban J connectivity index is 0.00000128. The lowest BCUT2D eigenvalue weighted by Crippen LogP contribution is -2.36. The summed E-state index contributed by atoms with van der Waals surface area (Å²) < 4.78 is 0. The van der Waals surface area contributed by atoms with Crippen LogP contribution in [0, 0.1) is 6.92 Å². The summed E-state index contributed by atoms with van der Waals surface area (Å²) in [6.45, 7) is 1.91. The monoisotopic (exact) mass is 296 g/mol. The van der Waals surface area contributed by atoms with Crippen molar-refractivity contribution in [1.29, 1.82) is 0 Å². The van der Waals surface area contributed by atoms with Gasteiger partial charge in [0, 0.05) is 16.3 Å². The van der Waals surface area contributed by atoms with Crippen LogP contribution in [0.2, 0.25) is 5.02 Å². The van der Waals surface area contributed by atoms with Crippen LogP contribution in [0.3, 0.4) is 0 Å². The van der Waals surface area contributed by atoms with Gasteiger partial charge in [0.25, 0.3) is 0 Å². The van der Waals surface area contributed by atoms with Crippen LogP contribution in [0.5, 0.6) is 0 Å². The van der Waals surface area contributed by atoms with Crippen LogP contribution in [-0.4, -0.2) is 11.8 Å². The van der Waals surface area contributed by atoms with Crippen molar-refractivity contribution in [2.75, 3.05) is 5.73 Å². The number of ketones is 1. The molecule has 0 radical (unpaired) electrons. The van der Waals surface area contributed by atoms with E-state index in [0.29, 0.717) is 22.7 Å². The molecule has 0 spiro atoms. The second-order valence-corrected chi connectivity index (χ2v) is 4.34. The number of Topliss-reactive ketones (excluding diaryl/α,β-unsaturated/α-hetero) is 1. The van der Waals surface area contributed by atoms with E-state index in [0.717, 1.165) is 17.5 Å². The molecule has 6 heteroatoms. The van der Waals surface area contributed by atoms with Crippen LogP contribution < -0.4 is 11.5 Å². The number of rotatable bonds is 0. The fourth-order valence-corrected chi connectivity index (χ4v) is 2.27. The lowest BCUT2D eigenvalue weighted by molar-refractivity contribution is 0.0949. The second-order valence-electron chi connectivity index (χ2n) is 3.94. The van der Waals surface area contributed by atoms with Crippen LogP contribution in [-0.2, 0) is 6.42 Å². The van der Waals surface area contributed by atoms with Gasteiger partial charge in [-0.1, -0.05) is 11.6 Å². The molecular weight excluding hydrogens is 282 g/mol. The molecule has 0 saturated carbocycles. The van der Waals surface area contributed by atoms with Crippen LogP contribution in [0.4, 0.5) is 5.69 Å². The number of carbonyl (C=O) groups is 1. The number of nitrogens with two attached hydrogens (primary N) is 2. The average molecular weight is 298 g/mol. The lowest BCUT2D eigenvalue weighted by atomic mass is 9.84. The zero-order valence-corrected chi connectivity index (χ0v) is 11.7. The van der Waals surface area contributed by atoms with Crippen molar-refractivity contribution in [3.8, 4) is 0 Å². The highest BCUT2D eigenvalue weighted by Gasteiger charge is 2.28. The molecule has 1 aromatic carbocycles. The van der Waals surface area contributed by atoms with Gasteiger partial charge >= 0.3 is 0 Å². The summed E-state index contributed by atoms with van der Waals surface area (Å²) in [4.78, 5) is 11.9. The largest absolute Gasteiger partial charge is 0.398 e. The van der Waals surface area contributed by atoms with Crippen molar-refractivity contribution in [2.24, 2.45) is 5.73 Å². The third kappa shape index (κ3) is 2.68. The molecule has 4 N–H and O–H groups in total. The molecule has 1 atom stereocenters. The fourth-order valence-electron chi connectivity index (χ4n) is 2.04. The van der Waals surface area contributed by atoms with Gasteiger partial charge in [0.05, 0.1) is 6.04 Å². The molecule has 0 saturated heterocycles. The number of nitrogen functional groups attached to an aromatic ring is 1. The molecule has 1 unspecified atom stereocenters. The summed E-state index contributed by atoms with van der Waals surface area (Å²) in [5.41, 5.74) is 14.4. The smallest absolute Gasteiger partial charge is 0.181 e. The average Bonchev–Trinajstić information content (AvgIpc) is 2.18. The zero-order valence-electron chi connectivity index (χ0n) is 9.33. The molecule has 3 nitrogen and oxygen atoms in total. The number of hydrogen-bond donors (Lipinski definition) is 2. The molecule has 0 aromatic heterocycles. The second kappa shape index (κ2) is 5.91. The topological polar surface area (TPSA) is 69.1 Å². The summed E-state index contributed by atoms with van der Waals surface area (Å²) >= 11 is 6.01. The predicted molar refractivity (Wildman–Crippen MR) is 75.7 cm³/mol. The first kappa shape index (κ1) is 16.5. The molecular formula is C11H15Cl3N2O. The van der Waals surface area contributed by atoms with Crippen molar-refractivity contribution in [2.45, 2.75) is 25.8 Å². The molecule has 1 aliphatic rings. The van der Waals surface area contributed by atoms with Gasteiger partial charge in [0.15, 0.2) is 5.78 Å². The highest BCUT2D eigenvalue weighted by molar-refractivity contribution is 6.32. The number of carbonyl (C=O) groups excluding carboxylic acids is 1. The SMILES string of the molecule is Cc1c(Cl)cc(N)c2c1CCC(N)C2=O.Cl.Cl. The molecule has 0 amide bonds. The van der Waals surface area contributed by atoms with Crippen molar-refractivity contribution in [3.63, 3.8) is 0 Å². The number of benzene rings is 1. The third-order valence-corrected chi connectivity index (χ3v) is 3.36. The Bertz CT molecular complexity index is 449. The van der Waals surface area contributed by atoms with E-state index in [1.807, 2.05) is 6.92 Å². The molecule has 2 rings (SSSR count). The Morgan fingerprint density at radius 2 is 2.00 bits per heavy atom. The molecule has 96 valence electrons. The third-order valence-electron chi connectivity index (χ3n) is 2.97. The van der Waals surface area contributed by atoms with Gasteiger partial charge in [-0.15, -0.1) is 24.8 Å². The van der Waals surface area contributed by atoms with Crippen LogP contribution in [0.15, 0.2) is 6.07 Å². The van der Waals surface area contributed by atoms with Crippen LogP contribution >= 0.6 is 36.4 Å². The Morgan fingerprint density at radius 1 is 1.41 bits per heavy atom. The van der Waals surface area contributed by atoms with Gasteiger partial charge in [-0.05, 0) is 37.0 Å². The van der Waals surface area contributed by atoms with E-state index in [-0.39, 0.29) is 30.6 Å². The van der Waals surface area contributed by atoms with Gasteiger partial charge in [0.2, 0.25) is 0 Å². The molecule has 1 aliphatic carbocycles. The van der Waals surface area contributed by atoms with Crippen LogP contribution in [0.25, 0.3) is 0 Å². The first-order chi connectivity index (χ1) is 7.02. The summed E-state index contributed by atoms with van der Waals surface area (Å²) in [5, 5.41) is 0.620. The van der Waals surface area contributed by atoms with Crippen molar-refractivity contribution >= 4 is 47.9 Å². The molecule has 1 aromatic rings. The molecule has 0 aliphatic heterocycles. The van der Waals surface area contributed by atoms with Crippen molar-refractivity contribution < 1.29 is 4.79 Å². The number of halogens is 3. The first-order valence-corrected chi connectivity index (χ1v) is 5.27. The number of hydrogen-bond acceptors (Lipinski definition) is 3. The van der Waals surface area contributed by atoms with Crippen LogP contribution in [0.1, 0.15) is 27.9 Å². The summed E-state index contributed by atoms with van der Waals surface area (Å²) in [5.74, 6) is -0.0616. The lowest BCUT2D eigenvalue weighted by Gasteiger charge is -2.23. The molecule has 0 bridgehead atoms. The quantitative estimate of drug-likeness (QED) is 0.723. The van der Waals surface area contributed by atoms with E-state index in [9.17, 15) is 4.79 Å². The number of fused-ring (bicyclic) bond motifs is 1. The predicted octanol–water partition coefficient (Wildman–Crippen LogP) is 2.53. The van der Waals surface area contributed by atoms with E-state index in [2.05, 4.69) is 0 Å². The highest BCUT2D eigenvalue weighted by atomic mass is 35.5. The first-order valence-electron chi connectivity index (χ1n) is 4.89. The minimum atomic E-state index is -0.416. The van der Waals surface area contributed by atoms with E-state index >= 15 is 0 Å². The van der Waals surface area contributed by atoms with Crippen molar-refractivity contribution in [1.82, 2.24) is 0 Å². The van der Waals surface area contributed by atoms with Gasteiger partial charge < -0.3 is 11.5 Å². The molecule has 0 fully saturated rings. The summed E-state index contributed by atoms with van der Waals surface area (Å²) in [6.07, 6.45) is 1.45. The van der Waals surface area contributed by atoms with Gasteiger partial charge in [-0.3, -0.25) is 4.79 Å². The highest BCUT2D eigenvalue weighted by Crippen LogP contribution is 2.33. The minimum Gasteiger partial charge on any atom is -0.398 e. The van der Waals surface area contributed by atoms with Gasteiger partial charge in [-0.25, -0.2) is 0 Å². The Morgan fingerprint density at radius 3 is 2.59 bits per heavy atom. The molecule has 17 heavy (non-hydrogen) atoms. The molecule has 0 heterocycles. The standard InChI is InChI=1S/C11H13ClN2O.2ClH/c1-5-6-2-3-8(13)11(15)10(6)9(14)4-7(5)12;;/h4,8H,2-3,13-14H2,1H3;2*1H. The minimum absolute atomic E-state index is 0. The van der Waals surface area contributed by atoms with E-state index in [4.69, 9.17) is 23.1 Å². The summed E-state index contributed by atoms with van der Waals surface area (Å²) in [6, 6.07) is 1.21. The van der Waals surface area contributed by atoms with E-state index in [1.54, 1.807) is 6.07 Å². The normalized spacial score (nSPS) is 17.8. The van der Waals surface area contributed by atoms with Gasteiger partial charge in [-0.2, -0.15) is 0 Å². The van der Waals surface area contributed by atoms with E-state index < -0.39 is 6.04 Å². The summed E-state index contributed by atoms with van der Waals surface area (Å²) in [7, 11) is 0. The zero-order chi connectivity index (χ0) is 11.2. The Labute approximate surface area is 118 Å². The Kier molecular flexibility index (Phi) is 5.75. The Hall–Kier alpha value is -0.480. The van der Waals surface area contributed by atoms with Crippen molar-refractivity contribution in [3.05, 3.63) is 27.8 Å². The maximum atomic E-state index is 11.9. The maximum Gasteiger partial charge on any atom is 0.181 e. The van der Waals surface area contributed by atoms with E-state index in [1.165, 1.54) is 0 Å². The number of anilines is 1. The van der Waals surface area contributed by atoms with Gasteiger partial charge in [0.1, 0.15) is 0 Å². The fraction of sp³-hybridized carbons (Fsp3) is 0.364. The maximum absolute atomic E-state index is 11.9.